The van der Waals surface area contributed by atoms with E-state index in [9.17, 15) is 9.59 Å². The number of carboxylic acid groups (broad SMARTS) is 1. The van der Waals surface area contributed by atoms with Gasteiger partial charge in [-0.15, -0.1) is 0 Å². The average molecular weight is 336 g/mol. The summed E-state index contributed by atoms with van der Waals surface area (Å²) in [5.41, 5.74) is 0. The largest absolute Gasteiger partial charge is 0.481 e. The van der Waals surface area contributed by atoms with Gasteiger partial charge in [0, 0.05) is 6.54 Å². The molecule has 1 aromatic heterocycles. The number of aliphatic carboxylic acids is 1. The lowest BCUT2D eigenvalue weighted by Crippen LogP contribution is -2.37. The van der Waals surface area contributed by atoms with Crippen LogP contribution in [0.4, 0.5) is 9.93 Å². The Hall–Kier alpha value is -1.15. The summed E-state index contributed by atoms with van der Waals surface area (Å²) in [6, 6.07) is -0.455. The quantitative estimate of drug-likeness (QED) is 0.770. The topological polar surface area (TPSA) is 91.3 Å². The minimum atomic E-state index is -0.915. The number of thiazole rings is 1. The molecule has 8 heteroatoms. The highest BCUT2D eigenvalue weighted by Crippen LogP contribution is 2.22. The molecule has 1 aromatic rings. The molecule has 18 heavy (non-hydrogen) atoms. The van der Waals surface area contributed by atoms with E-state index in [1.807, 2.05) is 0 Å². The summed E-state index contributed by atoms with van der Waals surface area (Å²) < 4.78 is 0.809. The summed E-state index contributed by atoms with van der Waals surface area (Å²) in [5.74, 6) is -1.56. The van der Waals surface area contributed by atoms with Gasteiger partial charge in [0.25, 0.3) is 0 Å². The fraction of sp³-hybridized carbons (Fsp3) is 0.500. The molecule has 2 amide bonds. The Bertz CT molecular complexity index is 436. The molecule has 0 saturated carbocycles. The van der Waals surface area contributed by atoms with Crippen LogP contribution in [0.5, 0.6) is 0 Å². The molecule has 1 unspecified atom stereocenters. The van der Waals surface area contributed by atoms with E-state index in [0.717, 1.165) is 3.79 Å². The van der Waals surface area contributed by atoms with Crippen LogP contribution in [0.1, 0.15) is 13.8 Å². The lowest BCUT2D eigenvalue weighted by molar-refractivity contribution is -0.142. The van der Waals surface area contributed by atoms with Gasteiger partial charge in [-0.3, -0.25) is 10.1 Å². The molecule has 100 valence electrons. The highest BCUT2D eigenvalue weighted by atomic mass is 79.9. The van der Waals surface area contributed by atoms with E-state index in [1.165, 1.54) is 11.3 Å². The predicted octanol–water partition coefficient (Wildman–Crippen LogP) is 2.38. The summed E-state index contributed by atoms with van der Waals surface area (Å²) in [4.78, 5) is 26.4. The van der Waals surface area contributed by atoms with Crippen molar-refractivity contribution < 1.29 is 14.7 Å². The highest BCUT2D eigenvalue weighted by Gasteiger charge is 2.22. The molecule has 0 aromatic carbocycles. The minimum absolute atomic E-state index is 0.0446. The molecule has 1 atom stereocenters. The number of nitrogens with one attached hydrogen (secondary N) is 2. The number of aromatic nitrogens is 1. The van der Waals surface area contributed by atoms with E-state index in [4.69, 9.17) is 5.11 Å². The van der Waals surface area contributed by atoms with Crippen LogP contribution < -0.4 is 10.6 Å². The third kappa shape index (κ3) is 4.61. The Morgan fingerprint density at radius 1 is 1.56 bits per heavy atom. The van der Waals surface area contributed by atoms with E-state index in [1.54, 1.807) is 20.0 Å². The molecule has 0 spiro atoms. The number of amides is 2. The van der Waals surface area contributed by atoms with Crippen molar-refractivity contribution in [2.45, 2.75) is 13.8 Å². The Balaban J connectivity index is 2.43. The lowest BCUT2D eigenvalue weighted by atomic mass is 9.96. The molecule has 0 bridgehead atoms. The molecule has 0 aliphatic rings. The van der Waals surface area contributed by atoms with Crippen molar-refractivity contribution in [2.24, 2.45) is 11.8 Å². The molecule has 0 saturated heterocycles. The van der Waals surface area contributed by atoms with E-state index < -0.39 is 17.9 Å². The lowest BCUT2D eigenvalue weighted by Gasteiger charge is -2.16. The number of nitrogens with zero attached hydrogens (tertiary/aromatic N) is 1. The molecular weight excluding hydrogens is 322 g/mol. The van der Waals surface area contributed by atoms with Crippen molar-refractivity contribution in [1.29, 1.82) is 0 Å². The van der Waals surface area contributed by atoms with Crippen molar-refractivity contribution in [3.8, 4) is 0 Å². The smallest absolute Gasteiger partial charge is 0.321 e. The Morgan fingerprint density at radius 2 is 2.22 bits per heavy atom. The number of carboxylic acids is 1. The number of carbonyl (C=O) groups is 2. The van der Waals surface area contributed by atoms with Gasteiger partial charge in [0.2, 0.25) is 0 Å². The van der Waals surface area contributed by atoms with Crippen molar-refractivity contribution in [3.05, 3.63) is 9.98 Å². The third-order valence-corrected chi connectivity index (χ3v) is 3.69. The van der Waals surface area contributed by atoms with Gasteiger partial charge in [-0.25, -0.2) is 9.78 Å². The van der Waals surface area contributed by atoms with Crippen LogP contribution >= 0.6 is 27.3 Å². The van der Waals surface area contributed by atoms with Crippen molar-refractivity contribution >= 4 is 44.4 Å². The summed E-state index contributed by atoms with van der Waals surface area (Å²) >= 11 is 4.51. The van der Waals surface area contributed by atoms with Crippen molar-refractivity contribution in [3.63, 3.8) is 0 Å². The zero-order valence-corrected chi connectivity index (χ0v) is 12.3. The zero-order valence-electron chi connectivity index (χ0n) is 9.94. The number of rotatable bonds is 5. The van der Waals surface area contributed by atoms with E-state index >= 15 is 0 Å². The Labute approximate surface area is 117 Å². The van der Waals surface area contributed by atoms with Crippen LogP contribution in [0.15, 0.2) is 9.98 Å². The number of hydrogen-bond donors (Lipinski definition) is 3. The number of hydrogen-bond acceptors (Lipinski definition) is 4. The van der Waals surface area contributed by atoms with Gasteiger partial charge in [-0.1, -0.05) is 25.2 Å². The van der Waals surface area contributed by atoms with Gasteiger partial charge in [0.05, 0.1) is 15.9 Å². The maximum absolute atomic E-state index is 11.5. The third-order valence-electron chi connectivity index (χ3n) is 2.30. The first-order valence-electron chi connectivity index (χ1n) is 5.29. The highest BCUT2D eigenvalue weighted by molar-refractivity contribution is 9.11. The van der Waals surface area contributed by atoms with Gasteiger partial charge in [-0.05, 0) is 21.8 Å². The van der Waals surface area contributed by atoms with Crippen LogP contribution in [0.2, 0.25) is 0 Å². The second-order valence-corrected chi connectivity index (χ2v) is 6.40. The van der Waals surface area contributed by atoms with Gasteiger partial charge < -0.3 is 10.4 Å². The second-order valence-electron chi connectivity index (χ2n) is 3.99. The predicted molar refractivity (Wildman–Crippen MR) is 72.8 cm³/mol. The van der Waals surface area contributed by atoms with Gasteiger partial charge in [0.1, 0.15) is 0 Å². The molecule has 6 nitrogen and oxygen atoms in total. The average Bonchev–Trinajstić information content (AvgIpc) is 2.62. The van der Waals surface area contributed by atoms with Gasteiger partial charge in [0.15, 0.2) is 5.13 Å². The molecule has 0 aliphatic carbocycles. The fourth-order valence-electron chi connectivity index (χ4n) is 1.26. The second kappa shape index (κ2) is 6.69. The van der Waals surface area contributed by atoms with Crippen LogP contribution in [0.3, 0.4) is 0 Å². The monoisotopic (exact) mass is 335 g/mol. The maximum atomic E-state index is 11.5. The summed E-state index contributed by atoms with van der Waals surface area (Å²) in [6.07, 6.45) is 1.58. The van der Waals surface area contributed by atoms with Gasteiger partial charge in [-0.2, -0.15) is 0 Å². The summed E-state index contributed by atoms with van der Waals surface area (Å²) in [7, 11) is 0. The first kappa shape index (κ1) is 14.9. The summed E-state index contributed by atoms with van der Waals surface area (Å²) in [5, 5.41) is 14.5. The first-order chi connectivity index (χ1) is 8.40. The molecule has 3 N–H and O–H groups in total. The normalized spacial score (nSPS) is 12.2. The van der Waals surface area contributed by atoms with Crippen LogP contribution in [0.25, 0.3) is 0 Å². The van der Waals surface area contributed by atoms with E-state index in [-0.39, 0.29) is 12.5 Å². The first-order valence-corrected chi connectivity index (χ1v) is 6.90. The molecule has 0 fully saturated rings. The molecular formula is C10H14BrN3O3S. The van der Waals surface area contributed by atoms with Crippen LogP contribution in [0, 0.1) is 11.8 Å². The Kier molecular flexibility index (Phi) is 5.54. The minimum Gasteiger partial charge on any atom is -0.481 e. The van der Waals surface area contributed by atoms with Crippen LogP contribution in [-0.2, 0) is 4.79 Å². The van der Waals surface area contributed by atoms with Crippen molar-refractivity contribution in [1.82, 2.24) is 10.3 Å². The molecule has 1 heterocycles. The maximum Gasteiger partial charge on any atom is 0.321 e. The standard InChI is InChI=1S/C10H14BrN3O3S/c1-5(2)6(8(15)16)3-12-9(17)14-10-13-4-7(11)18-10/h4-6H,3H2,1-2H3,(H,15,16)(H2,12,13,14,17). The van der Waals surface area contributed by atoms with Crippen molar-refractivity contribution in [2.75, 3.05) is 11.9 Å². The number of carbonyl (C=O) groups excluding carboxylic acids is 1. The molecule has 1 rings (SSSR count). The fourth-order valence-corrected chi connectivity index (χ4v) is 2.37. The SMILES string of the molecule is CC(C)C(CNC(=O)Nc1ncc(Br)s1)C(=O)O. The van der Waals surface area contributed by atoms with Gasteiger partial charge >= 0.3 is 12.0 Å². The van der Waals surface area contributed by atoms with Crippen LogP contribution in [-0.4, -0.2) is 28.6 Å². The Morgan fingerprint density at radius 3 is 2.67 bits per heavy atom. The number of halogens is 1. The van der Waals surface area contributed by atoms with E-state index in [2.05, 4.69) is 31.5 Å². The number of anilines is 1. The zero-order chi connectivity index (χ0) is 13.7. The molecule has 0 aliphatic heterocycles. The number of urea groups is 1. The molecule has 0 radical (unpaired) electrons. The summed E-state index contributed by atoms with van der Waals surface area (Å²) in [6.45, 7) is 3.69. The van der Waals surface area contributed by atoms with E-state index in [0.29, 0.717) is 5.13 Å².